The maximum absolute atomic E-state index is 13.5. The smallest absolute Gasteiger partial charge is 0.308 e. The number of likely N-dealkylation sites (tertiary alicyclic amines) is 1. The van der Waals surface area contributed by atoms with Crippen LogP contribution in [0.5, 0.6) is 0 Å². The molecule has 102 valence electrons. The number of aromatic nitrogens is 1. The van der Waals surface area contributed by atoms with Gasteiger partial charge in [-0.05, 0) is 18.9 Å². The molecule has 2 heterocycles. The zero-order valence-corrected chi connectivity index (χ0v) is 9.97. The monoisotopic (exact) mass is 270 g/mol. The van der Waals surface area contributed by atoms with E-state index in [2.05, 4.69) is 4.98 Å². The first kappa shape index (κ1) is 13.4. The molecule has 0 aliphatic carbocycles. The van der Waals surface area contributed by atoms with Crippen LogP contribution in [0.4, 0.5) is 8.78 Å². The Morgan fingerprint density at radius 2 is 2.16 bits per heavy atom. The fourth-order valence-electron chi connectivity index (χ4n) is 2.12. The molecule has 0 radical (unpaired) electrons. The van der Waals surface area contributed by atoms with Crippen molar-refractivity contribution in [3.63, 3.8) is 0 Å². The molecule has 0 spiro atoms. The summed E-state index contributed by atoms with van der Waals surface area (Å²) in [5.74, 6) is -4.99. The van der Waals surface area contributed by atoms with Crippen LogP contribution < -0.4 is 0 Å². The molecule has 7 heteroatoms. The number of nitrogens with zero attached hydrogens (tertiary/aromatic N) is 2. The second-order valence-corrected chi connectivity index (χ2v) is 4.39. The molecule has 5 nitrogen and oxygen atoms in total. The van der Waals surface area contributed by atoms with Gasteiger partial charge in [-0.2, -0.15) is 4.39 Å². The number of rotatable bonds is 2. The van der Waals surface area contributed by atoms with Crippen LogP contribution in [-0.2, 0) is 4.79 Å². The normalized spacial score (nSPS) is 19.3. The van der Waals surface area contributed by atoms with Gasteiger partial charge in [0.2, 0.25) is 5.95 Å². The van der Waals surface area contributed by atoms with E-state index in [0.29, 0.717) is 19.4 Å². The maximum atomic E-state index is 13.5. The Morgan fingerprint density at radius 3 is 2.84 bits per heavy atom. The van der Waals surface area contributed by atoms with E-state index in [4.69, 9.17) is 5.11 Å². The first-order valence-corrected chi connectivity index (χ1v) is 5.82. The number of piperidine rings is 1. The number of carboxylic acids is 1. The molecule has 1 N–H and O–H groups in total. The average Bonchev–Trinajstić information content (AvgIpc) is 2.41. The molecule has 1 atom stereocenters. The summed E-state index contributed by atoms with van der Waals surface area (Å²) >= 11 is 0. The van der Waals surface area contributed by atoms with Gasteiger partial charge in [-0.1, -0.05) is 0 Å². The summed E-state index contributed by atoms with van der Waals surface area (Å²) in [6, 6.07) is 1.09. The summed E-state index contributed by atoms with van der Waals surface area (Å²) in [6.45, 7) is 0.351. The molecule has 1 aromatic rings. The van der Waals surface area contributed by atoms with Crippen LogP contribution in [0.3, 0.4) is 0 Å². The molecule has 1 amide bonds. The highest BCUT2D eigenvalue weighted by molar-refractivity contribution is 5.94. The molecule has 1 aliphatic heterocycles. The van der Waals surface area contributed by atoms with E-state index >= 15 is 0 Å². The first-order valence-electron chi connectivity index (χ1n) is 5.82. The zero-order chi connectivity index (χ0) is 14.0. The van der Waals surface area contributed by atoms with E-state index < -0.39 is 35.1 Å². The molecule has 0 bridgehead atoms. The number of hydrogen-bond donors (Lipinski definition) is 1. The van der Waals surface area contributed by atoms with E-state index in [1.807, 2.05) is 0 Å². The number of pyridine rings is 1. The number of aliphatic carboxylic acids is 1. The van der Waals surface area contributed by atoms with Crippen molar-refractivity contribution in [3.8, 4) is 0 Å². The lowest BCUT2D eigenvalue weighted by molar-refractivity contribution is -0.143. The molecule has 19 heavy (non-hydrogen) atoms. The lowest BCUT2D eigenvalue weighted by Crippen LogP contribution is -2.42. The number of amides is 1. The molecule has 1 saturated heterocycles. The lowest BCUT2D eigenvalue weighted by atomic mass is 9.97. The van der Waals surface area contributed by atoms with Crippen molar-refractivity contribution in [1.82, 2.24) is 9.88 Å². The summed E-state index contributed by atoms with van der Waals surface area (Å²) < 4.78 is 26.4. The van der Waals surface area contributed by atoms with Crippen LogP contribution in [0.2, 0.25) is 0 Å². The standard InChI is InChI=1S/C12H12F2N2O3/c13-9-8(3-4-15-10(9)14)11(17)16-5-1-2-7(6-16)12(18)19/h3-4,7H,1-2,5-6H2,(H,18,19). The summed E-state index contributed by atoms with van der Waals surface area (Å²) in [4.78, 5) is 27.3. The topological polar surface area (TPSA) is 70.5 Å². The van der Waals surface area contributed by atoms with Gasteiger partial charge in [0.15, 0.2) is 5.82 Å². The Morgan fingerprint density at radius 1 is 1.42 bits per heavy atom. The van der Waals surface area contributed by atoms with Gasteiger partial charge in [0.25, 0.3) is 5.91 Å². The van der Waals surface area contributed by atoms with Crippen LogP contribution in [0.1, 0.15) is 23.2 Å². The number of carbonyl (C=O) groups excluding carboxylic acids is 1. The van der Waals surface area contributed by atoms with Crippen molar-refractivity contribution < 1.29 is 23.5 Å². The van der Waals surface area contributed by atoms with E-state index in [0.717, 1.165) is 12.3 Å². The van der Waals surface area contributed by atoms with Gasteiger partial charge < -0.3 is 10.0 Å². The average molecular weight is 270 g/mol. The molecular formula is C12H12F2N2O3. The third-order valence-corrected chi connectivity index (χ3v) is 3.13. The summed E-state index contributed by atoms with van der Waals surface area (Å²) in [6.07, 6.45) is 2.01. The zero-order valence-electron chi connectivity index (χ0n) is 9.97. The number of carbonyl (C=O) groups is 2. The number of halogens is 2. The van der Waals surface area contributed by atoms with Gasteiger partial charge >= 0.3 is 5.97 Å². The molecule has 0 saturated carbocycles. The fraction of sp³-hybridized carbons (Fsp3) is 0.417. The lowest BCUT2D eigenvalue weighted by Gasteiger charge is -2.30. The van der Waals surface area contributed by atoms with E-state index in [-0.39, 0.29) is 6.54 Å². The Labute approximate surface area is 107 Å². The number of hydrogen-bond acceptors (Lipinski definition) is 3. The third-order valence-electron chi connectivity index (χ3n) is 3.13. The minimum atomic E-state index is -1.34. The van der Waals surface area contributed by atoms with Gasteiger partial charge in [-0.15, -0.1) is 0 Å². The van der Waals surface area contributed by atoms with Crippen molar-refractivity contribution >= 4 is 11.9 Å². The summed E-state index contributed by atoms with van der Waals surface area (Å²) in [5, 5.41) is 8.93. The van der Waals surface area contributed by atoms with E-state index in [1.165, 1.54) is 4.90 Å². The second kappa shape index (κ2) is 5.29. The predicted molar refractivity (Wildman–Crippen MR) is 60.4 cm³/mol. The van der Waals surface area contributed by atoms with Crippen LogP contribution in [0.15, 0.2) is 12.3 Å². The quantitative estimate of drug-likeness (QED) is 0.822. The van der Waals surface area contributed by atoms with E-state index in [9.17, 15) is 18.4 Å². The van der Waals surface area contributed by atoms with Gasteiger partial charge in [0.05, 0.1) is 11.5 Å². The number of carboxylic acid groups (broad SMARTS) is 1. The molecule has 2 rings (SSSR count). The molecule has 1 aromatic heterocycles. The van der Waals surface area contributed by atoms with Gasteiger partial charge in [0.1, 0.15) is 0 Å². The highest BCUT2D eigenvalue weighted by Crippen LogP contribution is 2.20. The first-order chi connectivity index (χ1) is 9.00. The minimum Gasteiger partial charge on any atom is -0.481 e. The Balaban J connectivity index is 2.19. The van der Waals surface area contributed by atoms with E-state index in [1.54, 1.807) is 0 Å². The Hall–Kier alpha value is -2.05. The second-order valence-electron chi connectivity index (χ2n) is 4.39. The molecule has 1 aliphatic rings. The summed E-state index contributed by atoms with van der Waals surface area (Å²) in [5.41, 5.74) is -0.418. The van der Waals surface area contributed by atoms with Crippen LogP contribution in [0.25, 0.3) is 0 Å². The predicted octanol–water partition coefficient (Wildman–Crippen LogP) is 1.30. The van der Waals surface area contributed by atoms with Gasteiger partial charge in [-0.25, -0.2) is 9.37 Å². The molecule has 0 aromatic carbocycles. The minimum absolute atomic E-state index is 0.0115. The highest BCUT2D eigenvalue weighted by Gasteiger charge is 2.30. The van der Waals surface area contributed by atoms with Crippen LogP contribution in [-0.4, -0.2) is 40.0 Å². The Bertz CT molecular complexity index is 522. The SMILES string of the molecule is O=C(O)C1CCCN(C(=O)c2ccnc(F)c2F)C1. The van der Waals surface area contributed by atoms with Crippen LogP contribution in [0, 0.1) is 17.7 Å². The van der Waals surface area contributed by atoms with Gasteiger partial charge in [-0.3, -0.25) is 9.59 Å². The van der Waals surface area contributed by atoms with Crippen molar-refractivity contribution in [2.75, 3.05) is 13.1 Å². The summed E-state index contributed by atoms with van der Waals surface area (Å²) in [7, 11) is 0. The van der Waals surface area contributed by atoms with Crippen molar-refractivity contribution in [3.05, 3.63) is 29.6 Å². The van der Waals surface area contributed by atoms with Crippen LogP contribution >= 0.6 is 0 Å². The Kier molecular flexibility index (Phi) is 3.73. The van der Waals surface area contributed by atoms with Gasteiger partial charge in [0, 0.05) is 19.3 Å². The fourth-order valence-corrected chi connectivity index (χ4v) is 2.12. The molecule has 1 unspecified atom stereocenters. The van der Waals surface area contributed by atoms with Crippen molar-refractivity contribution in [1.29, 1.82) is 0 Å². The highest BCUT2D eigenvalue weighted by atomic mass is 19.2. The maximum Gasteiger partial charge on any atom is 0.308 e. The molecule has 1 fully saturated rings. The van der Waals surface area contributed by atoms with Crippen molar-refractivity contribution in [2.45, 2.75) is 12.8 Å². The molecular weight excluding hydrogens is 258 g/mol. The third kappa shape index (κ3) is 2.69. The largest absolute Gasteiger partial charge is 0.481 e. The van der Waals surface area contributed by atoms with Crippen molar-refractivity contribution in [2.24, 2.45) is 5.92 Å².